The van der Waals surface area contributed by atoms with Crippen LogP contribution in [0.1, 0.15) is 48.9 Å². The van der Waals surface area contributed by atoms with Crippen molar-refractivity contribution >= 4 is 17.1 Å². The van der Waals surface area contributed by atoms with Crippen LogP contribution in [0.15, 0.2) is 23.3 Å². The zero-order valence-corrected chi connectivity index (χ0v) is 19.5. The van der Waals surface area contributed by atoms with Crippen molar-refractivity contribution in [2.45, 2.75) is 58.7 Å². The van der Waals surface area contributed by atoms with Crippen LogP contribution < -0.4 is 5.69 Å². The molecule has 10 nitrogen and oxygen atoms in total. The van der Waals surface area contributed by atoms with Crippen LogP contribution >= 0.6 is 0 Å². The molecule has 0 aliphatic carbocycles. The Bertz CT molecular complexity index is 1190. The number of aliphatic hydroxyl groups excluding tert-OH is 1. The molecule has 3 aromatic rings. The fraction of sp³-hybridized carbons (Fsp3) is 0.565. The quantitative estimate of drug-likeness (QED) is 0.547. The summed E-state index contributed by atoms with van der Waals surface area (Å²) in [6.45, 7) is 6.38. The molecule has 4 heterocycles. The van der Waals surface area contributed by atoms with Crippen molar-refractivity contribution in [1.82, 2.24) is 28.6 Å². The molecule has 0 saturated carbocycles. The normalized spacial score (nSPS) is 14.8. The molecule has 0 unspecified atom stereocenters. The highest BCUT2D eigenvalue weighted by molar-refractivity contribution is 5.75. The predicted molar refractivity (Wildman–Crippen MR) is 123 cm³/mol. The number of hydrogen-bond acceptors (Lipinski definition) is 6. The summed E-state index contributed by atoms with van der Waals surface area (Å²) < 4.78 is 10.6. The summed E-state index contributed by atoms with van der Waals surface area (Å²) in [5.41, 5.74) is 3.55. The highest BCUT2D eigenvalue weighted by Gasteiger charge is 2.28. The molecule has 0 spiro atoms. The molecule has 1 fully saturated rings. The summed E-state index contributed by atoms with van der Waals surface area (Å²) >= 11 is 0. The molecule has 1 N–H and O–H groups in total. The lowest BCUT2D eigenvalue weighted by molar-refractivity contribution is 0.107. The summed E-state index contributed by atoms with van der Waals surface area (Å²) in [4.78, 5) is 36.2. The van der Waals surface area contributed by atoms with Gasteiger partial charge >= 0.3 is 11.8 Å². The zero-order chi connectivity index (χ0) is 23.5. The van der Waals surface area contributed by atoms with Gasteiger partial charge in [0.05, 0.1) is 36.6 Å². The first kappa shape index (κ1) is 23.0. The molecule has 0 radical (unpaired) electrons. The Balaban J connectivity index is 1.67. The number of rotatable bonds is 7. The van der Waals surface area contributed by atoms with Gasteiger partial charge in [0.2, 0.25) is 0 Å². The average Bonchev–Trinajstić information content (AvgIpc) is 3.26. The summed E-state index contributed by atoms with van der Waals surface area (Å²) in [5.74, 6) is 0.827. The minimum absolute atomic E-state index is 0.00247. The monoisotopic (exact) mass is 456 g/mol. The number of imidazole rings is 2. The molecule has 1 amide bonds. The van der Waals surface area contributed by atoms with Gasteiger partial charge in [0.25, 0.3) is 0 Å². The molecule has 10 heteroatoms. The summed E-state index contributed by atoms with van der Waals surface area (Å²) in [6.07, 6.45) is 6.05. The lowest BCUT2D eigenvalue weighted by Crippen LogP contribution is -2.41. The van der Waals surface area contributed by atoms with E-state index in [9.17, 15) is 9.59 Å². The van der Waals surface area contributed by atoms with Crippen molar-refractivity contribution < 1.29 is 14.6 Å². The number of nitrogens with zero attached hydrogens (tertiary/aromatic N) is 6. The van der Waals surface area contributed by atoms with Gasteiger partial charge in [-0.1, -0.05) is 0 Å². The molecule has 0 atom stereocenters. The highest BCUT2D eigenvalue weighted by Crippen LogP contribution is 2.26. The van der Waals surface area contributed by atoms with Crippen LogP contribution in [0.25, 0.3) is 11.0 Å². The van der Waals surface area contributed by atoms with Crippen molar-refractivity contribution in [3.8, 4) is 0 Å². The number of unbranched alkanes of at least 4 members (excludes halogenated alkanes) is 1. The first-order valence-electron chi connectivity index (χ1n) is 11.5. The fourth-order valence-electron chi connectivity index (χ4n) is 4.73. The molecular formula is C23H32N6O4. The Hall–Kier alpha value is -3.14. The first-order valence-corrected chi connectivity index (χ1v) is 11.5. The smallest absolute Gasteiger partial charge is 0.409 e. The third-order valence-electron chi connectivity index (χ3n) is 6.65. The van der Waals surface area contributed by atoms with E-state index in [1.54, 1.807) is 21.9 Å². The number of hydrogen-bond donors (Lipinski definition) is 1. The van der Waals surface area contributed by atoms with Crippen molar-refractivity contribution in [2.24, 2.45) is 0 Å². The third kappa shape index (κ3) is 4.39. The Morgan fingerprint density at radius 1 is 1.18 bits per heavy atom. The summed E-state index contributed by atoms with van der Waals surface area (Å²) in [5, 5.41) is 9.16. The number of aromatic nitrogens is 5. The van der Waals surface area contributed by atoms with Crippen molar-refractivity contribution in [2.75, 3.05) is 26.8 Å². The van der Waals surface area contributed by atoms with E-state index in [-0.39, 0.29) is 24.4 Å². The largest absolute Gasteiger partial charge is 0.453 e. The Labute approximate surface area is 192 Å². The van der Waals surface area contributed by atoms with E-state index in [1.807, 2.05) is 24.5 Å². The Kier molecular flexibility index (Phi) is 6.83. The van der Waals surface area contributed by atoms with E-state index in [0.717, 1.165) is 47.6 Å². The highest BCUT2D eigenvalue weighted by atomic mass is 16.5. The zero-order valence-electron chi connectivity index (χ0n) is 19.5. The van der Waals surface area contributed by atoms with Gasteiger partial charge in [-0.05, 0) is 45.6 Å². The van der Waals surface area contributed by atoms with E-state index in [2.05, 4.69) is 9.55 Å². The van der Waals surface area contributed by atoms with Gasteiger partial charge in [-0.15, -0.1) is 0 Å². The van der Waals surface area contributed by atoms with Crippen LogP contribution in [0.4, 0.5) is 4.79 Å². The molecule has 0 aromatic carbocycles. The van der Waals surface area contributed by atoms with Crippen LogP contribution in [0, 0.1) is 13.8 Å². The SMILES string of the molecule is COC(=O)N1CCC(n2c(=O)n(Cc3nc(C)c(C)n3CCCCO)c3cnccc32)CC1. The minimum Gasteiger partial charge on any atom is -0.453 e. The van der Waals surface area contributed by atoms with Gasteiger partial charge < -0.3 is 19.3 Å². The number of pyridine rings is 1. The fourth-order valence-corrected chi connectivity index (χ4v) is 4.73. The van der Waals surface area contributed by atoms with Gasteiger partial charge in [0.15, 0.2) is 0 Å². The Morgan fingerprint density at radius 3 is 2.64 bits per heavy atom. The topological polar surface area (TPSA) is 107 Å². The second-order valence-electron chi connectivity index (χ2n) is 8.57. The van der Waals surface area contributed by atoms with Crippen LogP contribution in [0.3, 0.4) is 0 Å². The van der Waals surface area contributed by atoms with Gasteiger partial charge in [-0.3, -0.25) is 14.1 Å². The molecule has 1 saturated heterocycles. The van der Waals surface area contributed by atoms with Gasteiger partial charge in [-0.25, -0.2) is 14.6 Å². The van der Waals surface area contributed by atoms with Gasteiger partial charge in [-0.2, -0.15) is 0 Å². The maximum Gasteiger partial charge on any atom is 0.409 e. The van der Waals surface area contributed by atoms with E-state index in [0.29, 0.717) is 32.5 Å². The number of aliphatic hydroxyl groups is 1. The van der Waals surface area contributed by atoms with E-state index >= 15 is 0 Å². The molecular weight excluding hydrogens is 424 g/mol. The summed E-state index contributed by atoms with van der Waals surface area (Å²) in [7, 11) is 1.39. The first-order chi connectivity index (χ1) is 16.0. The standard InChI is InChI=1S/C23H32N6O4/c1-16-17(2)27(10-4-5-13-30)21(25-16)15-28-20-14-24-9-6-19(20)29(22(28)31)18-7-11-26(12-8-18)23(32)33-3/h6,9,14,18,30H,4-5,7-8,10-13,15H2,1-3H3. The van der Waals surface area contributed by atoms with E-state index in [1.165, 1.54) is 7.11 Å². The lowest BCUT2D eigenvalue weighted by Gasteiger charge is -2.31. The van der Waals surface area contributed by atoms with Crippen LogP contribution in [-0.2, 0) is 17.8 Å². The molecule has 3 aromatic heterocycles. The number of ether oxygens (including phenoxy) is 1. The number of carbonyl (C=O) groups is 1. The molecule has 33 heavy (non-hydrogen) atoms. The maximum absolute atomic E-state index is 13.6. The number of piperidine rings is 1. The van der Waals surface area contributed by atoms with Crippen molar-refractivity contribution in [1.29, 1.82) is 0 Å². The second-order valence-corrected chi connectivity index (χ2v) is 8.57. The number of fused-ring (bicyclic) bond motifs is 1. The van der Waals surface area contributed by atoms with Crippen molar-refractivity contribution in [3.63, 3.8) is 0 Å². The number of likely N-dealkylation sites (tertiary alicyclic amines) is 1. The predicted octanol–water partition coefficient (Wildman–Crippen LogP) is 2.24. The van der Waals surface area contributed by atoms with Crippen LogP contribution in [0.2, 0.25) is 0 Å². The summed E-state index contributed by atoms with van der Waals surface area (Å²) in [6, 6.07) is 1.88. The average molecular weight is 457 g/mol. The van der Waals surface area contributed by atoms with Crippen LogP contribution in [-0.4, -0.2) is 66.6 Å². The lowest BCUT2D eigenvalue weighted by atomic mass is 10.1. The molecule has 1 aliphatic rings. The second kappa shape index (κ2) is 9.78. The maximum atomic E-state index is 13.6. The number of carbonyl (C=O) groups excluding carboxylic acids is 1. The molecule has 1 aliphatic heterocycles. The van der Waals surface area contributed by atoms with E-state index < -0.39 is 0 Å². The Morgan fingerprint density at radius 2 is 1.94 bits per heavy atom. The van der Waals surface area contributed by atoms with E-state index in [4.69, 9.17) is 14.8 Å². The third-order valence-corrected chi connectivity index (χ3v) is 6.65. The number of aryl methyl sites for hydroxylation is 1. The van der Waals surface area contributed by atoms with Crippen molar-refractivity contribution in [3.05, 3.63) is 46.2 Å². The molecule has 4 rings (SSSR count). The molecule has 0 bridgehead atoms. The number of methoxy groups -OCH3 is 1. The van der Waals surface area contributed by atoms with Crippen LogP contribution in [0.5, 0.6) is 0 Å². The van der Waals surface area contributed by atoms with Gasteiger partial charge in [0.1, 0.15) is 5.82 Å². The minimum atomic E-state index is -0.328. The molecule has 178 valence electrons. The number of amides is 1. The van der Waals surface area contributed by atoms with Gasteiger partial charge in [0, 0.05) is 44.2 Å².